The van der Waals surface area contributed by atoms with Crippen molar-refractivity contribution < 1.29 is 9.66 Å². The molecule has 2 aromatic rings. The van der Waals surface area contributed by atoms with Crippen LogP contribution in [0.3, 0.4) is 0 Å². The average Bonchev–Trinajstić information content (AvgIpc) is 2.29. The summed E-state index contributed by atoms with van der Waals surface area (Å²) in [6.07, 6.45) is 3.20. The van der Waals surface area contributed by atoms with Crippen LogP contribution >= 0.6 is 15.9 Å². The molecule has 0 aliphatic rings. The van der Waals surface area contributed by atoms with Gasteiger partial charge in [0.25, 0.3) is 5.69 Å². The molecular formula is C11H7BrN2O3. The van der Waals surface area contributed by atoms with Crippen molar-refractivity contribution in [3.05, 3.63) is 57.3 Å². The first-order valence-corrected chi connectivity index (χ1v) is 5.47. The molecule has 0 N–H and O–H groups in total. The fourth-order valence-corrected chi connectivity index (χ4v) is 1.56. The zero-order chi connectivity index (χ0) is 12.3. The summed E-state index contributed by atoms with van der Waals surface area (Å²) in [5.74, 6) is 1.09. The van der Waals surface area contributed by atoms with Crippen LogP contribution in [0.1, 0.15) is 0 Å². The molecular weight excluding hydrogens is 288 g/mol. The molecule has 0 saturated heterocycles. The number of halogens is 1. The van der Waals surface area contributed by atoms with Crippen molar-refractivity contribution in [2.75, 3.05) is 0 Å². The molecule has 0 spiro atoms. The van der Waals surface area contributed by atoms with E-state index in [1.807, 2.05) is 0 Å². The topological polar surface area (TPSA) is 65.3 Å². The third-order valence-corrected chi connectivity index (χ3v) is 2.40. The Morgan fingerprint density at radius 2 is 1.88 bits per heavy atom. The summed E-state index contributed by atoms with van der Waals surface area (Å²) in [4.78, 5) is 14.0. The Bertz CT molecular complexity index is 543. The number of nitro benzene ring substituents is 1. The fraction of sp³-hybridized carbons (Fsp3) is 0. The van der Waals surface area contributed by atoms with E-state index in [1.54, 1.807) is 30.6 Å². The molecule has 0 radical (unpaired) electrons. The van der Waals surface area contributed by atoms with Gasteiger partial charge in [-0.05, 0) is 34.1 Å². The quantitative estimate of drug-likeness (QED) is 0.641. The van der Waals surface area contributed by atoms with E-state index < -0.39 is 4.92 Å². The molecule has 1 heterocycles. The maximum Gasteiger partial charge on any atom is 0.269 e. The minimum Gasteiger partial charge on any atom is -0.456 e. The predicted molar refractivity (Wildman–Crippen MR) is 65.1 cm³/mol. The number of aromatic nitrogens is 1. The number of nitrogens with zero attached hydrogens (tertiary/aromatic N) is 2. The molecule has 0 amide bonds. The summed E-state index contributed by atoms with van der Waals surface area (Å²) in [6.45, 7) is 0. The van der Waals surface area contributed by atoms with Crippen molar-refractivity contribution >= 4 is 21.6 Å². The Morgan fingerprint density at radius 3 is 2.47 bits per heavy atom. The monoisotopic (exact) mass is 294 g/mol. The van der Waals surface area contributed by atoms with E-state index in [9.17, 15) is 10.1 Å². The second-order valence-electron chi connectivity index (χ2n) is 3.19. The van der Waals surface area contributed by atoms with E-state index in [-0.39, 0.29) is 5.69 Å². The predicted octanol–water partition coefficient (Wildman–Crippen LogP) is 3.54. The minimum atomic E-state index is -0.454. The summed E-state index contributed by atoms with van der Waals surface area (Å²) in [5.41, 5.74) is 0.0321. The van der Waals surface area contributed by atoms with Crippen molar-refractivity contribution in [2.45, 2.75) is 0 Å². The van der Waals surface area contributed by atoms with Crippen LogP contribution in [-0.4, -0.2) is 9.91 Å². The van der Waals surface area contributed by atoms with E-state index in [1.165, 1.54) is 12.1 Å². The van der Waals surface area contributed by atoms with Gasteiger partial charge in [-0.2, -0.15) is 0 Å². The Balaban J connectivity index is 2.16. The largest absolute Gasteiger partial charge is 0.456 e. The first-order valence-electron chi connectivity index (χ1n) is 4.68. The molecule has 1 aromatic heterocycles. The second kappa shape index (κ2) is 4.92. The number of hydrogen-bond acceptors (Lipinski definition) is 4. The van der Waals surface area contributed by atoms with Gasteiger partial charge in [0, 0.05) is 22.8 Å². The molecule has 1 aromatic carbocycles. The van der Waals surface area contributed by atoms with Gasteiger partial charge in [-0.1, -0.05) is 0 Å². The van der Waals surface area contributed by atoms with Crippen LogP contribution in [-0.2, 0) is 0 Å². The molecule has 17 heavy (non-hydrogen) atoms. The number of nitro groups is 1. The van der Waals surface area contributed by atoms with Gasteiger partial charge in [0.1, 0.15) is 11.5 Å². The van der Waals surface area contributed by atoms with E-state index >= 15 is 0 Å². The maximum absolute atomic E-state index is 10.5. The van der Waals surface area contributed by atoms with Gasteiger partial charge in [0.2, 0.25) is 0 Å². The molecule has 2 rings (SSSR count). The lowest BCUT2D eigenvalue weighted by Gasteiger charge is -2.04. The zero-order valence-electron chi connectivity index (χ0n) is 8.54. The van der Waals surface area contributed by atoms with E-state index in [0.717, 1.165) is 4.47 Å². The van der Waals surface area contributed by atoms with Crippen molar-refractivity contribution in [3.8, 4) is 11.5 Å². The lowest BCUT2D eigenvalue weighted by molar-refractivity contribution is -0.384. The number of rotatable bonds is 3. The van der Waals surface area contributed by atoms with Gasteiger partial charge in [-0.25, -0.2) is 0 Å². The Hall–Kier alpha value is -1.95. The molecule has 6 heteroatoms. The highest BCUT2D eigenvalue weighted by atomic mass is 79.9. The van der Waals surface area contributed by atoms with E-state index in [2.05, 4.69) is 20.9 Å². The standard InChI is InChI=1S/C11H7BrN2O3/c12-8-5-11(7-13-6-8)17-10-3-1-9(2-4-10)14(15)16/h1-7H. The molecule has 0 fully saturated rings. The van der Waals surface area contributed by atoms with Crippen LogP contribution < -0.4 is 4.74 Å². The molecule has 0 bridgehead atoms. The van der Waals surface area contributed by atoms with Crippen LogP contribution in [0.2, 0.25) is 0 Å². The third kappa shape index (κ3) is 3.01. The van der Waals surface area contributed by atoms with Crippen LogP contribution in [0.4, 0.5) is 5.69 Å². The SMILES string of the molecule is O=[N+]([O-])c1ccc(Oc2cncc(Br)c2)cc1. The van der Waals surface area contributed by atoms with Crippen LogP contribution in [0.25, 0.3) is 0 Å². The highest BCUT2D eigenvalue weighted by Crippen LogP contribution is 2.24. The number of benzene rings is 1. The van der Waals surface area contributed by atoms with E-state index in [4.69, 9.17) is 4.74 Å². The van der Waals surface area contributed by atoms with Crippen molar-refractivity contribution in [2.24, 2.45) is 0 Å². The minimum absolute atomic E-state index is 0.0321. The summed E-state index contributed by atoms with van der Waals surface area (Å²) in [6, 6.07) is 7.62. The van der Waals surface area contributed by atoms with Gasteiger partial charge in [0.05, 0.1) is 11.1 Å². The lowest BCUT2D eigenvalue weighted by Crippen LogP contribution is -1.88. The summed E-state index contributed by atoms with van der Waals surface area (Å²) < 4.78 is 6.28. The normalized spacial score (nSPS) is 9.94. The first kappa shape index (κ1) is 11.5. The molecule has 0 aliphatic heterocycles. The van der Waals surface area contributed by atoms with Crippen LogP contribution in [0.15, 0.2) is 47.2 Å². The molecule has 0 unspecified atom stereocenters. The molecule has 0 aliphatic carbocycles. The maximum atomic E-state index is 10.5. The Labute approximate surface area is 105 Å². The van der Waals surface area contributed by atoms with Gasteiger partial charge in [-0.15, -0.1) is 0 Å². The molecule has 0 atom stereocenters. The summed E-state index contributed by atoms with van der Waals surface area (Å²) in [5, 5.41) is 10.5. The summed E-state index contributed by atoms with van der Waals surface area (Å²) in [7, 11) is 0. The average molecular weight is 295 g/mol. The van der Waals surface area contributed by atoms with Gasteiger partial charge in [0.15, 0.2) is 0 Å². The summed E-state index contributed by atoms with van der Waals surface area (Å²) >= 11 is 3.27. The van der Waals surface area contributed by atoms with Crippen LogP contribution in [0.5, 0.6) is 11.5 Å². The Kier molecular flexibility index (Phi) is 3.34. The molecule has 86 valence electrons. The van der Waals surface area contributed by atoms with Crippen molar-refractivity contribution in [1.82, 2.24) is 4.98 Å². The van der Waals surface area contributed by atoms with Crippen LogP contribution in [0, 0.1) is 10.1 Å². The molecule has 5 nitrogen and oxygen atoms in total. The Morgan fingerprint density at radius 1 is 1.18 bits per heavy atom. The molecule has 0 saturated carbocycles. The van der Waals surface area contributed by atoms with Crippen molar-refractivity contribution in [3.63, 3.8) is 0 Å². The van der Waals surface area contributed by atoms with Gasteiger partial charge >= 0.3 is 0 Å². The third-order valence-electron chi connectivity index (χ3n) is 1.96. The zero-order valence-corrected chi connectivity index (χ0v) is 10.1. The fourth-order valence-electron chi connectivity index (χ4n) is 1.22. The number of non-ortho nitro benzene ring substituents is 1. The smallest absolute Gasteiger partial charge is 0.269 e. The number of ether oxygens (including phenoxy) is 1. The van der Waals surface area contributed by atoms with Crippen molar-refractivity contribution in [1.29, 1.82) is 0 Å². The first-order chi connectivity index (χ1) is 8.15. The van der Waals surface area contributed by atoms with Gasteiger partial charge in [-0.3, -0.25) is 15.1 Å². The number of hydrogen-bond donors (Lipinski definition) is 0. The van der Waals surface area contributed by atoms with E-state index in [0.29, 0.717) is 11.5 Å². The lowest BCUT2D eigenvalue weighted by atomic mass is 10.3. The van der Waals surface area contributed by atoms with Gasteiger partial charge < -0.3 is 4.74 Å². The highest BCUT2D eigenvalue weighted by molar-refractivity contribution is 9.10. The highest BCUT2D eigenvalue weighted by Gasteiger charge is 2.05. The number of pyridine rings is 1. The second-order valence-corrected chi connectivity index (χ2v) is 4.11.